The van der Waals surface area contributed by atoms with Gasteiger partial charge in [0.25, 0.3) is 0 Å². The molecule has 3 heterocycles. The number of anilines is 2. The van der Waals surface area contributed by atoms with Crippen molar-refractivity contribution >= 4 is 49.7 Å². The maximum Gasteiger partial charge on any atom is 0.326 e. The summed E-state index contributed by atoms with van der Waals surface area (Å²) in [5.41, 5.74) is 4.88. The molecule has 0 saturated heterocycles. The third-order valence-corrected chi connectivity index (χ3v) is 5.81. The second-order valence-electron chi connectivity index (χ2n) is 6.56. The zero-order valence-electron chi connectivity index (χ0n) is 14.3. The van der Waals surface area contributed by atoms with Crippen molar-refractivity contribution in [1.29, 1.82) is 0 Å². The molecule has 1 N–H and O–H groups in total. The number of carbonyl (C=O) groups excluding carboxylic acids is 1. The Morgan fingerprint density at radius 3 is 2.96 bits per heavy atom. The van der Waals surface area contributed by atoms with Crippen LogP contribution in [-0.2, 0) is 6.42 Å². The molecule has 4 nitrogen and oxygen atoms in total. The number of fused-ring (bicyclic) bond motifs is 4. The minimum atomic E-state index is -0.0888. The minimum absolute atomic E-state index is 0.0888. The lowest BCUT2D eigenvalue weighted by atomic mass is 10.1. The topological polar surface area (TPSA) is 45.2 Å². The van der Waals surface area contributed by atoms with Gasteiger partial charge in [-0.15, -0.1) is 11.3 Å². The number of nitrogens with one attached hydrogen (secondary N) is 1. The molecule has 1 aliphatic rings. The van der Waals surface area contributed by atoms with E-state index in [2.05, 4.69) is 33.9 Å². The monoisotopic (exact) mass is 359 g/mol. The number of nitrogens with zero attached hydrogens (tertiary/aromatic N) is 2. The van der Waals surface area contributed by atoms with Crippen molar-refractivity contribution in [2.24, 2.45) is 0 Å². The lowest BCUT2D eigenvalue weighted by Crippen LogP contribution is -2.33. The Kier molecular flexibility index (Phi) is 3.43. The van der Waals surface area contributed by atoms with Gasteiger partial charge < -0.3 is 5.32 Å². The fraction of sp³-hybridized carbons (Fsp3) is 0.143. The maximum atomic E-state index is 13.0. The van der Waals surface area contributed by atoms with Crippen LogP contribution in [-0.4, -0.2) is 17.6 Å². The summed E-state index contributed by atoms with van der Waals surface area (Å²) < 4.78 is 1.28. The normalized spacial score (nSPS) is 13.3. The van der Waals surface area contributed by atoms with Gasteiger partial charge in [0, 0.05) is 28.0 Å². The molecule has 2 aromatic carbocycles. The van der Waals surface area contributed by atoms with Crippen molar-refractivity contribution in [2.45, 2.75) is 13.3 Å². The zero-order valence-corrected chi connectivity index (χ0v) is 15.1. The maximum absolute atomic E-state index is 13.0. The van der Waals surface area contributed by atoms with Crippen molar-refractivity contribution in [3.8, 4) is 0 Å². The number of hydrogen-bond donors (Lipinski definition) is 1. The highest BCUT2D eigenvalue weighted by Gasteiger charge is 2.26. The van der Waals surface area contributed by atoms with E-state index in [9.17, 15) is 4.79 Å². The third kappa shape index (κ3) is 2.35. The molecule has 5 heteroatoms. The van der Waals surface area contributed by atoms with Crippen LogP contribution < -0.4 is 10.2 Å². The molecular formula is C21H17N3OS. The van der Waals surface area contributed by atoms with Crippen LogP contribution in [0.5, 0.6) is 0 Å². The van der Waals surface area contributed by atoms with E-state index in [1.165, 1.54) is 15.6 Å². The summed E-state index contributed by atoms with van der Waals surface area (Å²) in [4.78, 5) is 19.4. The number of aromatic nitrogens is 1. The molecule has 1 aliphatic heterocycles. The summed E-state index contributed by atoms with van der Waals surface area (Å²) in [5, 5.41) is 7.44. The number of thiophene rings is 1. The van der Waals surface area contributed by atoms with E-state index in [4.69, 9.17) is 0 Å². The second kappa shape index (κ2) is 5.81. The van der Waals surface area contributed by atoms with Gasteiger partial charge in [-0.05, 0) is 60.0 Å². The van der Waals surface area contributed by atoms with E-state index < -0.39 is 0 Å². The summed E-state index contributed by atoms with van der Waals surface area (Å²) in [6.07, 6.45) is 0.896. The smallest absolute Gasteiger partial charge is 0.307 e. The van der Waals surface area contributed by atoms with E-state index in [0.29, 0.717) is 6.54 Å². The van der Waals surface area contributed by atoms with Crippen LogP contribution in [0.25, 0.3) is 21.0 Å². The summed E-state index contributed by atoms with van der Waals surface area (Å²) >= 11 is 1.74. The van der Waals surface area contributed by atoms with Crippen LogP contribution in [0.4, 0.5) is 16.2 Å². The van der Waals surface area contributed by atoms with Gasteiger partial charge in [0.2, 0.25) is 0 Å². The Bertz CT molecular complexity index is 1160. The van der Waals surface area contributed by atoms with Crippen LogP contribution in [0, 0.1) is 6.92 Å². The molecule has 26 heavy (non-hydrogen) atoms. The number of hydrogen-bond acceptors (Lipinski definition) is 3. The molecule has 0 fully saturated rings. The number of benzene rings is 2. The van der Waals surface area contributed by atoms with Gasteiger partial charge in [0.1, 0.15) is 0 Å². The van der Waals surface area contributed by atoms with Crippen molar-refractivity contribution in [3.05, 3.63) is 65.2 Å². The molecule has 0 atom stereocenters. The fourth-order valence-corrected chi connectivity index (χ4v) is 4.57. The molecule has 0 bridgehead atoms. The zero-order chi connectivity index (χ0) is 17.7. The van der Waals surface area contributed by atoms with Crippen molar-refractivity contribution in [2.75, 3.05) is 16.8 Å². The molecular weight excluding hydrogens is 342 g/mol. The highest BCUT2D eigenvalue weighted by atomic mass is 32.1. The van der Waals surface area contributed by atoms with Crippen molar-refractivity contribution in [1.82, 2.24) is 4.98 Å². The number of rotatable bonds is 1. The molecule has 0 unspecified atom stereocenters. The van der Waals surface area contributed by atoms with E-state index in [1.807, 2.05) is 42.2 Å². The SMILES string of the molecule is Cc1cc(NC(=O)N2CCc3c2ccc2sccc32)c2ccccc2n1. The minimum Gasteiger partial charge on any atom is -0.307 e. The first-order valence-corrected chi connectivity index (χ1v) is 9.53. The quantitative estimate of drug-likeness (QED) is 0.498. The number of aryl methyl sites for hydroxylation is 1. The lowest BCUT2D eigenvalue weighted by Gasteiger charge is -2.19. The first-order chi connectivity index (χ1) is 12.7. The second-order valence-corrected chi connectivity index (χ2v) is 7.50. The van der Waals surface area contributed by atoms with Gasteiger partial charge >= 0.3 is 6.03 Å². The van der Waals surface area contributed by atoms with Gasteiger partial charge in [-0.25, -0.2) is 4.79 Å². The average molecular weight is 359 g/mol. The lowest BCUT2D eigenvalue weighted by molar-refractivity contribution is 0.257. The highest BCUT2D eigenvalue weighted by Crippen LogP contribution is 2.37. The molecule has 0 spiro atoms. The van der Waals surface area contributed by atoms with Gasteiger partial charge in [-0.2, -0.15) is 0 Å². The average Bonchev–Trinajstić information content (AvgIpc) is 3.27. The van der Waals surface area contributed by atoms with Crippen LogP contribution in [0.1, 0.15) is 11.3 Å². The molecule has 0 radical (unpaired) electrons. The number of pyridine rings is 1. The number of carbonyl (C=O) groups is 1. The van der Waals surface area contributed by atoms with Crippen LogP contribution in [0.3, 0.4) is 0 Å². The molecule has 2 aromatic heterocycles. The Morgan fingerprint density at radius 2 is 2.04 bits per heavy atom. The molecule has 4 aromatic rings. The van der Waals surface area contributed by atoms with Gasteiger partial charge in [-0.1, -0.05) is 18.2 Å². The molecule has 0 saturated carbocycles. The van der Waals surface area contributed by atoms with E-state index in [-0.39, 0.29) is 6.03 Å². The van der Waals surface area contributed by atoms with E-state index in [0.717, 1.165) is 34.4 Å². The predicted molar refractivity (Wildman–Crippen MR) is 108 cm³/mol. The van der Waals surface area contributed by atoms with E-state index in [1.54, 1.807) is 11.3 Å². The first-order valence-electron chi connectivity index (χ1n) is 8.65. The van der Waals surface area contributed by atoms with Crippen molar-refractivity contribution in [3.63, 3.8) is 0 Å². The van der Waals surface area contributed by atoms with Crippen LogP contribution >= 0.6 is 11.3 Å². The highest BCUT2D eigenvalue weighted by molar-refractivity contribution is 7.17. The Morgan fingerprint density at radius 1 is 1.15 bits per heavy atom. The summed E-state index contributed by atoms with van der Waals surface area (Å²) in [6.45, 7) is 2.65. The number of para-hydroxylation sites is 1. The summed E-state index contributed by atoms with van der Waals surface area (Å²) in [6, 6.07) is 16.1. The van der Waals surface area contributed by atoms with Gasteiger partial charge in [-0.3, -0.25) is 9.88 Å². The first kappa shape index (κ1) is 15.3. The largest absolute Gasteiger partial charge is 0.326 e. The summed E-state index contributed by atoms with van der Waals surface area (Å²) in [5.74, 6) is 0. The molecule has 128 valence electrons. The Balaban J connectivity index is 1.51. The number of amides is 2. The van der Waals surface area contributed by atoms with Gasteiger partial charge in [0.05, 0.1) is 11.2 Å². The standard InChI is InChI=1S/C21H17N3OS/c1-13-12-18(16-4-2-3-5-17(16)22-13)23-21(25)24-10-8-14-15-9-11-26-20(15)7-6-19(14)24/h2-7,9,11-12H,8,10H2,1H3,(H,22,23,25). The molecule has 2 amide bonds. The Labute approximate surface area is 155 Å². The van der Waals surface area contributed by atoms with Gasteiger partial charge in [0.15, 0.2) is 0 Å². The van der Waals surface area contributed by atoms with E-state index >= 15 is 0 Å². The van der Waals surface area contributed by atoms with Crippen LogP contribution in [0.2, 0.25) is 0 Å². The van der Waals surface area contributed by atoms with Crippen molar-refractivity contribution < 1.29 is 4.79 Å². The third-order valence-electron chi connectivity index (χ3n) is 4.93. The fourth-order valence-electron chi connectivity index (χ4n) is 3.76. The Hall–Kier alpha value is -2.92. The van der Waals surface area contributed by atoms with Crippen LogP contribution in [0.15, 0.2) is 53.9 Å². The molecule has 0 aliphatic carbocycles. The summed E-state index contributed by atoms with van der Waals surface area (Å²) in [7, 11) is 0. The number of urea groups is 1. The molecule has 5 rings (SSSR count). The predicted octanol–water partition coefficient (Wildman–Crippen LogP) is 5.35.